The molecule has 1 fully saturated rings. The number of rotatable bonds is 4. The summed E-state index contributed by atoms with van der Waals surface area (Å²) in [6.07, 6.45) is 2.76. The van der Waals surface area contributed by atoms with Crippen LogP contribution in [0, 0.1) is 16.0 Å². The summed E-state index contributed by atoms with van der Waals surface area (Å²) < 4.78 is 1.40. The lowest BCUT2D eigenvalue weighted by Gasteiger charge is -2.21. The van der Waals surface area contributed by atoms with Gasteiger partial charge in [-0.15, -0.1) is 5.10 Å². The van der Waals surface area contributed by atoms with Gasteiger partial charge in [-0.3, -0.25) is 14.9 Å². The van der Waals surface area contributed by atoms with Gasteiger partial charge >= 0.3 is 5.69 Å². The molecule has 1 aliphatic rings. The van der Waals surface area contributed by atoms with E-state index in [9.17, 15) is 14.9 Å². The van der Waals surface area contributed by atoms with Gasteiger partial charge in [-0.05, 0) is 38.1 Å². The fourth-order valence-electron chi connectivity index (χ4n) is 2.60. The van der Waals surface area contributed by atoms with Crippen LogP contribution in [0.15, 0.2) is 36.5 Å². The molecular formula is C15H17N5O3. The normalized spacial score (nSPS) is 15.3. The molecule has 2 heterocycles. The van der Waals surface area contributed by atoms with Crippen LogP contribution in [0.25, 0.3) is 5.69 Å². The molecule has 0 unspecified atom stereocenters. The average molecular weight is 315 g/mol. The van der Waals surface area contributed by atoms with Crippen LogP contribution in [0.1, 0.15) is 12.8 Å². The molecule has 0 bridgehead atoms. The highest BCUT2D eigenvalue weighted by Crippen LogP contribution is 2.25. The van der Waals surface area contributed by atoms with E-state index in [1.54, 1.807) is 12.1 Å². The summed E-state index contributed by atoms with van der Waals surface area (Å²) in [5.41, 5.74) is 0.481. The third-order valence-corrected chi connectivity index (χ3v) is 3.86. The van der Waals surface area contributed by atoms with Gasteiger partial charge in [0.05, 0.1) is 10.6 Å². The molecule has 1 aliphatic heterocycles. The zero-order valence-corrected chi connectivity index (χ0v) is 12.4. The predicted octanol–water partition coefficient (Wildman–Crippen LogP) is 1.72. The number of anilines is 1. The molecule has 120 valence electrons. The molecule has 0 spiro atoms. The number of hydrogen-bond acceptors (Lipinski definition) is 5. The Kier molecular flexibility index (Phi) is 4.33. The molecule has 2 aromatic rings. The highest BCUT2D eigenvalue weighted by atomic mass is 16.6. The molecule has 1 aromatic carbocycles. The first kappa shape index (κ1) is 15.2. The van der Waals surface area contributed by atoms with Crippen molar-refractivity contribution in [3.63, 3.8) is 0 Å². The minimum atomic E-state index is -0.537. The minimum Gasteiger partial charge on any atom is -0.317 e. The molecule has 3 rings (SSSR count). The Morgan fingerprint density at radius 3 is 2.65 bits per heavy atom. The lowest BCUT2D eigenvalue weighted by molar-refractivity contribution is -0.384. The van der Waals surface area contributed by atoms with Crippen molar-refractivity contribution in [3.05, 3.63) is 46.6 Å². The summed E-state index contributed by atoms with van der Waals surface area (Å²) in [6, 6.07) is 9.05. The predicted molar refractivity (Wildman–Crippen MR) is 84.4 cm³/mol. The first-order valence-electron chi connectivity index (χ1n) is 7.46. The molecule has 0 atom stereocenters. The highest BCUT2D eigenvalue weighted by molar-refractivity contribution is 5.93. The SMILES string of the molecule is O=C(Nc1nn(-c2ccccc2)cc1[N+](=O)[O-])C1CCNCC1. The van der Waals surface area contributed by atoms with Crippen LogP contribution in [0.2, 0.25) is 0 Å². The summed E-state index contributed by atoms with van der Waals surface area (Å²) >= 11 is 0. The number of amides is 1. The van der Waals surface area contributed by atoms with Crippen molar-refractivity contribution < 1.29 is 9.72 Å². The first-order chi connectivity index (χ1) is 11.1. The van der Waals surface area contributed by atoms with Crippen molar-refractivity contribution >= 4 is 17.4 Å². The second kappa shape index (κ2) is 6.57. The van der Waals surface area contributed by atoms with Gasteiger partial charge in [-0.1, -0.05) is 18.2 Å². The van der Waals surface area contributed by atoms with Crippen LogP contribution < -0.4 is 10.6 Å². The van der Waals surface area contributed by atoms with Crippen LogP contribution in [0.3, 0.4) is 0 Å². The quantitative estimate of drug-likeness (QED) is 0.660. The smallest absolute Gasteiger partial charge is 0.317 e. The van der Waals surface area contributed by atoms with Crippen molar-refractivity contribution in [3.8, 4) is 5.69 Å². The molecule has 0 radical (unpaired) electrons. The number of carbonyl (C=O) groups is 1. The Morgan fingerprint density at radius 1 is 1.30 bits per heavy atom. The zero-order chi connectivity index (χ0) is 16.2. The number of para-hydroxylation sites is 1. The maximum atomic E-state index is 12.3. The Balaban J connectivity index is 1.84. The maximum Gasteiger partial charge on any atom is 0.331 e. The van der Waals surface area contributed by atoms with Crippen molar-refractivity contribution in [2.24, 2.45) is 5.92 Å². The Hall–Kier alpha value is -2.74. The average Bonchev–Trinajstić information content (AvgIpc) is 3.00. The molecule has 1 amide bonds. The number of hydrogen-bond donors (Lipinski definition) is 2. The molecule has 1 saturated heterocycles. The van der Waals surface area contributed by atoms with E-state index >= 15 is 0 Å². The van der Waals surface area contributed by atoms with E-state index < -0.39 is 4.92 Å². The van der Waals surface area contributed by atoms with Crippen molar-refractivity contribution in [2.75, 3.05) is 18.4 Å². The summed E-state index contributed by atoms with van der Waals surface area (Å²) in [6.45, 7) is 1.55. The van der Waals surface area contributed by atoms with Crippen molar-refractivity contribution in [1.29, 1.82) is 0 Å². The number of nitro groups is 1. The van der Waals surface area contributed by atoms with Gasteiger partial charge < -0.3 is 10.6 Å². The Morgan fingerprint density at radius 2 is 2.00 bits per heavy atom. The second-order valence-corrected chi connectivity index (χ2v) is 5.41. The summed E-state index contributed by atoms with van der Waals surface area (Å²) in [5.74, 6) is -0.368. The van der Waals surface area contributed by atoms with Gasteiger partial charge in [0, 0.05) is 5.92 Å². The Labute approximate surface area is 132 Å². The van der Waals surface area contributed by atoms with Gasteiger partial charge in [0.15, 0.2) is 0 Å². The van der Waals surface area contributed by atoms with E-state index in [-0.39, 0.29) is 23.3 Å². The second-order valence-electron chi connectivity index (χ2n) is 5.41. The standard InChI is InChI=1S/C15H17N5O3/c21-15(11-6-8-16-9-7-11)17-14-13(20(22)23)10-19(18-14)12-4-2-1-3-5-12/h1-5,10-11,16H,6-9H2,(H,17,18,21). The number of piperidine rings is 1. The maximum absolute atomic E-state index is 12.3. The molecule has 0 saturated carbocycles. The van der Waals surface area contributed by atoms with Gasteiger partial charge in [-0.25, -0.2) is 4.68 Å². The van der Waals surface area contributed by atoms with Crippen LogP contribution >= 0.6 is 0 Å². The molecule has 8 nitrogen and oxygen atoms in total. The minimum absolute atomic E-state index is 0.0117. The number of benzene rings is 1. The Bertz CT molecular complexity index is 707. The van der Waals surface area contributed by atoms with Crippen molar-refractivity contribution in [1.82, 2.24) is 15.1 Å². The number of aromatic nitrogens is 2. The summed E-state index contributed by atoms with van der Waals surface area (Å²) in [7, 11) is 0. The van der Waals surface area contributed by atoms with E-state index in [1.165, 1.54) is 10.9 Å². The third kappa shape index (κ3) is 3.37. The molecule has 0 aliphatic carbocycles. The van der Waals surface area contributed by atoms with Crippen LogP contribution in [0.4, 0.5) is 11.5 Å². The van der Waals surface area contributed by atoms with Gasteiger partial charge in [-0.2, -0.15) is 0 Å². The topological polar surface area (TPSA) is 102 Å². The lowest BCUT2D eigenvalue weighted by Crippen LogP contribution is -2.34. The number of carbonyl (C=O) groups excluding carboxylic acids is 1. The van der Waals surface area contributed by atoms with Crippen LogP contribution in [-0.2, 0) is 4.79 Å². The lowest BCUT2D eigenvalue weighted by atomic mass is 9.97. The van der Waals surface area contributed by atoms with E-state index in [1.807, 2.05) is 18.2 Å². The van der Waals surface area contributed by atoms with E-state index in [2.05, 4.69) is 15.7 Å². The fraction of sp³-hybridized carbons (Fsp3) is 0.333. The van der Waals surface area contributed by atoms with E-state index in [0.717, 1.165) is 25.9 Å². The molecular weight excluding hydrogens is 298 g/mol. The summed E-state index contributed by atoms with van der Waals surface area (Å²) in [4.78, 5) is 23.0. The van der Waals surface area contributed by atoms with Gasteiger partial charge in [0.2, 0.25) is 11.7 Å². The largest absolute Gasteiger partial charge is 0.331 e. The van der Waals surface area contributed by atoms with Gasteiger partial charge in [0.1, 0.15) is 6.20 Å². The zero-order valence-electron chi connectivity index (χ0n) is 12.4. The number of nitrogens with one attached hydrogen (secondary N) is 2. The molecule has 2 N–H and O–H groups in total. The van der Waals surface area contributed by atoms with Crippen LogP contribution in [0.5, 0.6) is 0 Å². The van der Waals surface area contributed by atoms with E-state index in [4.69, 9.17) is 0 Å². The monoisotopic (exact) mass is 315 g/mol. The third-order valence-electron chi connectivity index (χ3n) is 3.86. The molecule has 23 heavy (non-hydrogen) atoms. The number of nitrogens with zero attached hydrogens (tertiary/aromatic N) is 3. The van der Waals surface area contributed by atoms with Gasteiger partial charge in [0.25, 0.3) is 0 Å². The van der Waals surface area contributed by atoms with Crippen molar-refractivity contribution in [2.45, 2.75) is 12.8 Å². The fourth-order valence-corrected chi connectivity index (χ4v) is 2.60. The molecule has 1 aromatic heterocycles. The van der Waals surface area contributed by atoms with E-state index in [0.29, 0.717) is 5.69 Å². The highest BCUT2D eigenvalue weighted by Gasteiger charge is 2.26. The summed E-state index contributed by atoms with van der Waals surface area (Å²) in [5, 5.41) is 21.2. The van der Waals surface area contributed by atoms with Crippen LogP contribution in [-0.4, -0.2) is 33.7 Å². The first-order valence-corrected chi connectivity index (χ1v) is 7.46. The molecule has 8 heteroatoms.